The molecule has 0 spiro atoms. The lowest BCUT2D eigenvalue weighted by atomic mass is 9.13. The van der Waals surface area contributed by atoms with Gasteiger partial charge in [-0.25, -0.2) is 26.3 Å². The lowest BCUT2D eigenvalue weighted by Crippen LogP contribution is -2.72. The highest BCUT2D eigenvalue weighted by molar-refractivity contribution is 7.11. The Balaban J connectivity index is 0.000000739. The summed E-state index contributed by atoms with van der Waals surface area (Å²) in [5, 5.41) is 0. The molecule has 0 aromatic heterocycles. The average molecular weight is 481 g/mol. The highest BCUT2D eigenvalue weighted by Gasteiger charge is 2.41. The summed E-state index contributed by atoms with van der Waals surface area (Å²) in [6.45, 7) is 1.76. The van der Waals surface area contributed by atoms with E-state index in [-0.39, 0.29) is 12.7 Å². The summed E-state index contributed by atoms with van der Waals surface area (Å²) in [6.07, 6.45) is -2.85. The predicted octanol–water partition coefficient (Wildman–Crippen LogP) is 5.11. The standard InChI is InChI=1S/C22H18BF6.C4H12N/c1-2-3-13-23(20-14(24)7-4-8-15(20)25,21-16(26)9-5-10-17(21)27)22-18(28)11-6-12-19(22)29;1-5(2,3)4/h4-12H,2-3,13H2,1H3;1-4H3/q-1;+1. The van der Waals surface area contributed by atoms with Crippen molar-refractivity contribution < 1.29 is 30.8 Å². The minimum absolute atomic E-state index is 0.231. The smallest absolute Gasteiger partial charge is 0.103 e. The zero-order valence-corrected chi connectivity index (χ0v) is 20.1. The van der Waals surface area contributed by atoms with Crippen LogP contribution in [0.2, 0.25) is 6.32 Å². The maximum Gasteiger partial charge on any atom is 0.103 e. The normalized spacial score (nSPS) is 11.7. The first kappa shape index (κ1) is 27.5. The van der Waals surface area contributed by atoms with E-state index in [1.807, 2.05) is 0 Å². The summed E-state index contributed by atoms with van der Waals surface area (Å²) >= 11 is 0. The van der Waals surface area contributed by atoms with Gasteiger partial charge in [0.25, 0.3) is 0 Å². The first-order valence-electron chi connectivity index (χ1n) is 11.1. The van der Waals surface area contributed by atoms with Crippen LogP contribution in [-0.2, 0) is 0 Å². The molecule has 0 fully saturated rings. The van der Waals surface area contributed by atoms with E-state index in [9.17, 15) is 26.3 Å². The molecule has 0 heterocycles. The molecule has 0 saturated heterocycles. The molecule has 3 aromatic rings. The molecular weight excluding hydrogens is 451 g/mol. The monoisotopic (exact) mass is 481 g/mol. The maximum absolute atomic E-state index is 15.0. The molecule has 34 heavy (non-hydrogen) atoms. The molecule has 0 N–H and O–H groups in total. The zero-order chi connectivity index (χ0) is 25.7. The van der Waals surface area contributed by atoms with Crippen LogP contribution in [0.5, 0.6) is 0 Å². The van der Waals surface area contributed by atoms with Crippen molar-refractivity contribution in [1.29, 1.82) is 0 Å². The van der Waals surface area contributed by atoms with Gasteiger partial charge in [-0.15, -0.1) is 16.4 Å². The van der Waals surface area contributed by atoms with Crippen molar-refractivity contribution in [1.82, 2.24) is 0 Å². The van der Waals surface area contributed by atoms with E-state index in [2.05, 4.69) is 28.2 Å². The van der Waals surface area contributed by atoms with Crippen molar-refractivity contribution in [3.8, 4) is 0 Å². The summed E-state index contributed by atoms with van der Waals surface area (Å²) < 4.78 is 90.7. The van der Waals surface area contributed by atoms with Gasteiger partial charge >= 0.3 is 0 Å². The van der Waals surface area contributed by atoms with Gasteiger partial charge in [-0.2, -0.15) is 6.32 Å². The molecule has 0 bridgehead atoms. The van der Waals surface area contributed by atoms with Crippen molar-refractivity contribution in [3.05, 3.63) is 89.5 Å². The molecule has 3 rings (SSSR count). The van der Waals surface area contributed by atoms with Gasteiger partial charge in [0.15, 0.2) is 0 Å². The largest absolute Gasteiger partial charge is 0.333 e. The van der Waals surface area contributed by atoms with E-state index in [0.29, 0.717) is 6.42 Å². The van der Waals surface area contributed by atoms with Crippen molar-refractivity contribution in [2.45, 2.75) is 26.1 Å². The van der Waals surface area contributed by atoms with Gasteiger partial charge in [0.05, 0.1) is 63.1 Å². The zero-order valence-electron chi connectivity index (χ0n) is 20.1. The molecule has 0 aliphatic heterocycles. The molecule has 8 heteroatoms. The second-order valence-corrected chi connectivity index (χ2v) is 9.78. The van der Waals surface area contributed by atoms with Crippen LogP contribution in [0.15, 0.2) is 54.6 Å². The number of hydrogen-bond donors (Lipinski definition) is 0. The predicted molar refractivity (Wildman–Crippen MR) is 127 cm³/mol. The quantitative estimate of drug-likeness (QED) is 0.261. The lowest BCUT2D eigenvalue weighted by molar-refractivity contribution is -0.849. The van der Waals surface area contributed by atoms with Crippen molar-refractivity contribution in [2.75, 3.05) is 28.2 Å². The Morgan fingerprint density at radius 3 is 1.00 bits per heavy atom. The number of nitrogens with zero attached hydrogens (tertiary/aromatic N) is 1. The van der Waals surface area contributed by atoms with Crippen LogP contribution in [0.3, 0.4) is 0 Å². The molecule has 0 aliphatic rings. The first-order chi connectivity index (χ1) is 15.8. The van der Waals surface area contributed by atoms with E-state index < -0.39 is 57.4 Å². The van der Waals surface area contributed by atoms with Crippen LogP contribution in [0.4, 0.5) is 26.3 Å². The molecule has 0 amide bonds. The van der Waals surface area contributed by atoms with Crippen molar-refractivity contribution in [2.24, 2.45) is 0 Å². The van der Waals surface area contributed by atoms with Crippen molar-refractivity contribution in [3.63, 3.8) is 0 Å². The Bertz CT molecular complexity index is 935. The molecule has 0 aliphatic carbocycles. The molecule has 184 valence electrons. The van der Waals surface area contributed by atoms with Crippen LogP contribution in [0, 0.1) is 34.9 Å². The van der Waals surface area contributed by atoms with E-state index in [4.69, 9.17) is 0 Å². The average Bonchev–Trinajstić information content (AvgIpc) is 2.70. The van der Waals surface area contributed by atoms with E-state index in [1.165, 1.54) is 0 Å². The minimum atomic E-state index is -3.32. The van der Waals surface area contributed by atoms with E-state index in [1.54, 1.807) is 6.92 Å². The van der Waals surface area contributed by atoms with Crippen LogP contribution in [-0.4, -0.2) is 38.8 Å². The SMILES string of the molecule is CCCC[B-](c1c(F)cccc1F)(c1c(F)cccc1F)c1c(F)cccc1F.C[N+](C)(C)C. The number of unbranched alkanes of at least 4 members (excludes halogenated alkanes) is 1. The first-order valence-corrected chi connectivity index (χ1v) is 11.1. The summed E-state index contributed by atoms with van der Waals surface area (Å²) in [6, 6.07) is 8.75. The second-order valence-electron chi connectivity index (χ2n) is 9.78. The van der Waals surface area contributed by atoms with Gasteiger partial charge in [-0.05, 0) is 36.4 Å². The number of halogens is 6. The third-order valence-corrected chi connectivity index (χ3v) is 5.47. The topological polar surface area (TPSA) is 0 Å². The highest BCUT2D eigenvalue weighted by Crippen LogP contribution is 2.24. The summed E-state index contributed by atoms with van der Waals surface area (Å²) in [7, 11) is 8.50. The number of quaternary nitrogens is 1. The van der Waals surface area contributed by atoms with Gasteiger partial charge in [0, 0.05) is 0 Å². The molecule has 0 radical (unpaired) electrons. The molecule has 0 atom stereocenters. The van der Waals surface area contributed by atoms with E-state index in [0.717, 1.165) is 59.1 Å². The molecule has 3 aromatic carbocycles. The summed E-state index contributed by atoms with van der Waals surface area (Å²) in [4.78, 5) is 0. The van der Waals surface area contributed by atoms with Crippen LogP contribution >= 0.6 is 0 Å². The Morgan fingerprint density at radius 2 is 0.794 bits per heavy atom. The Labute approximate surface area is 197 Å². The third kappa shape index (κ3) is 6.03. The number of hydrogen-bond acceptors (Lipinski definition) is 0. The molecule has 0 saturated carbocycles. The van der Waals surface area contributed by atoms with Gasteiger partial charge in [0.1, 0.15) is 6.15 Å². The van der Waals surface area contributed by atoms with Gasteiger partial charge in [-0.3, -0.25) is 0 Å². The summed E-state index contributed by atoms with van der Waals surface area (Å²) in [5.74, 6) is -6.71. The maximum atomic E-state index is 15.0. The van der Waals surface area contributed by atoms with Gasteiger partial charge in [0.2, 0.25) is 0 Å². The summed E-state index contributed by atoms with van der Waals surface area (Å²) in [5.41, 5.74) is -2.18. The number of benzene rings is 3. The second kappa shape index (κ2) is 11.1. The third-order valence-electron chi connectivity index (χ3n) is 5.47. The molecular formula is C26H30BF6N. The van der Waals surface area contributed by atoms with Crippen molar-refractivity contribution >= 4 is 22.5 Å². The fraction of sp³-hybridized carbons (Fsp3) is 0.308. The molecule has 1 nitrogen and oxygen atoms in total. The molecule has 0 unspecified atom stereocenters. The fourth-order valence-corrected chi connectivity index (χ4v) is 4.32. The van der Waals surface area contributed by atoms with Crippen LogP contribution in [0.25, 0.3) is 0 Å². The van der Waals surface area contributed by atoms with Gasteiger partial charge in [-0.1, -0.05) is 38.0 Å². The highest BCUT2D eigenvalue weighted by atomic mass is 19.2. The lowest BCUT2D eigenvalue weighted by Gasteiger charge is -2.43. The number of rotatable bonds is 6. The van der Waals surface area contributed by atoms with E-state index >= 15 is 0 Å². The van der Waals surface area contributed by atoms with Crippen LogP contribution in [0.1, 0.15) is 19.8 Å². The Hall–Kier alpha value is -2.74. The van der Waals surface area contributed by atoms with Gasteiger partial charge < -0.3 is 4.48 Å². The fourth-order valence-electron chi connectivity index (χ4n) is 4.32. The van der Waals surface area contributed by atoms with Crippen LogP contribution < -0.4 is 16.4 Å². The Morgan fingerprint density at radius 1 is 0.559 bits per heavy atom. The minimum Gasteiger partial charge on any atom is -0.333 e. The Kier molecular flexibility index (Phi) is 9.00.